The minimum absolute atomic E-state index is 0.0972. The van der Waals surface area contributed by atoms with Gasteiger partial charge in [0.15, 0.2) is 0 Å². The van der Waals surface area contributed by atoms with Crippen LogP contribution in [0, 0.1) is 18.8 Å². The van der Waals surface area contributed by atoms with Crippen LogP contribution in [0.15, 0.2) is 18.2 Å². The van der Waals surface area contributed by atoms with Crippen LogP contribution in [-0.2, 0) is 4.79 Å². The van der Waals surface area contributed by atoms with Crippen molar-refractivity contribution in [3.63, 3.8) is 0 Å². The molecule has 0 aromatic heterocycles. The highest BCUT2D eigenvalue weighted by molar-refractivity contribution is 7.80. The van der Waals surface area contributed by atoms with Crippen LogP contribution in [0.25, 0.3) is 0 Å². The maximum atomic E-state index is 12.4. The molecule has 1 aromatic rings. The second-order valence-electron chi connectivity index (χ2n) is 5.81. The smallest absolute Gasteiger partial charge is 0.227 e. The summed E-state index contributed by atoms with van der Waals surface area (Å²) in [6, 6.07) is 5.73. The van der Waals surface area contributed by atoms with Gasteiger partial charge in [-0.1, -0.05) is 31.3 Å². The Kier molecular flexibility index (Phi) is 4.76. The van der Waals surface area contributed by atoms with E-state index < -0.39 is 0 Å². The molecule has 0 unspecified atom stereocenters. The van der Waals surface area contributed by atoms with Gasteiger partial charge in [0.1, 0.15) is 4.99 Å². The van der Waals surface area contributed by atoms with E-state index in [-0.39, 0.29) is 11.8 Å². The molecule has 0 spiro atoms. The lowest BCUT2D eigenvalue weighted by Gasteiger charge is -2.25. The van der Waals surface area contributed by atoms with Gasteiger partial charge in [0.05, 0.1) is 5.69 Å². The molecule has 108 valence electrons. The predicted octanol–water partition coefficient (Wildman–Crippen LogP) is 3.39. The Bertz CT molecular complexity index is 519. The van der Waals surface area contributed by atoms with Crippen LogP contribution in [0.3, 0.4) is 0 Å². The minimum Gasteiger partial charge on any atom is -0.389 e. The number of rotatable bonds is 3. The van der Waals surface area contributed by atoms with Gasteiger partial charge in [-0.05, 0) is 50.2 Å². The second kappa shape index (κ2) is 6.35. The van der Waals surface area contributed by atoms with Gasteiger partial charge in [-0.15, -0.1) is 0 Å². The summed E-state index contributed by atoms with van der Waals surface area (Å²) in [6.45, 7) is 4.20. The van der Waals surface area contributed by atoms with Gasteiger partial charge in [-0.25, -0.2) is 0 Å². The van der Waals surface area contributed by atoms with Crippen LogP contribution >= 0.6 is 12.2 Å². The first-order valence-corrected chi connectivity index (χ1v) is 7.60. The zero-order chi connectivity index (χ0) is 14.7. The highest BCUT2D eigenvalue weighted by atomic mass is 32.1. The Labute approximate surface area is 125 Å². The molecule has 0 aliphatic heterocycles. The number of hydrogen-bond donors (Lipinski definition) is 2. The molecule has 20 heavy (non-hydrogen) atoms. The summed E-state index contributed by atoms with van der Waals surface area (Å²) in [5.74, 6) is 0.955. The van der Waals surface area contributed by atoms with E-state index in [2.05, 4.69) is 12.2 Å². The molecule has 1 aromatic carbocycles. The van der Waals surface area contributed by atoms with Crippen molar-refractivity contribution in [3.05, 3.63) is 29.3 Å². The molecule has 0 atom stereocenters. The third-order valence-electron chi connectivity index (χ3n) is 4.16. The molecule has 0 radical (unpaired) electrons. The highest BCUT2D eigenvalue weighted by Gasteiger charge is 2.25. The van der Waals surface area contributed by atoms with Crippen LogP contribution in [0.5, 0.6) is 0 Å². The standard InChI is InChI=1S/C16H22N2OS/c1-10-6-8-12(9-7-10)16(19)18-13-5-3-4-11(2)14(13)15(17)20/h3-5,10,12H,6-9H2,1-2H3,(H2,17,20)(H,18,19). The van der Waals surface area contributed by atoms with Crippen LogP contribution in [0.4, 0.5) is 5.69 Å². The SMILES string of the molecule is Cc1cccc(NC(=O)C2CCC(C)CC2)c1C(N)=S. The zero-order valence-corrected chi connectivity index (χ0v) is 12.9. The van der Waals surface area contributed by atoms with E-state index in [0.717, 1.165) is 48.4 Å². The first kappa shape index (κ1) is 15.0. The molecular weight excluding hydrogens is 268 g/mol. The highest BCUT2D eigenvalue weighted by Crippen LogP contribution is 2.29. The maximum Gasteiger partial charge on any atom is 0.227 e. The number of carbonyl (C=O) groups excluding carboxylic acids is 1. The molecular formula is C16H22N2OS. The van der Waals surface area contributed by atoms with E-state index in [1.807, 2.05) is 25.1 Å². The number of carbonyl (C=O) groups is 1. The topological polar surface area (TPSA) is 55.1 Å². The van der Waals surface area contributed by atoms with Crippen LogP contribution < -0.4 is 11.1 Å². The summed E-state index contributed by atoms with van der Waals surface area (Å²) in [6.07, 6.45) is 4.21. The maximum absolute atomic E-state index is 12.4. The first-order chi connectivity index (χ1) is 9.49. The summed E-state index contributed by atoms with van der Waals surface area (Å²) >= 11 is 5.09. The average Bonchev–Trinajstić information content (AvgIpc) is 2.39. The molecule has 0 heterocycles. The van der Waals surface area contributed by atoms with E-state index in [1.54, 1.807) is 0 Å². The van der Waals surface area contributed by atoms with Crippen LogP contribution in [0.1, 0.15) is 43.7 Å². The lowest BCUT2D eigenvalue weighted by molar-refractivity contribution is -0.121. The molecule has 1 aliphatic rings. The van der Waals surface area contributed by atoms with E-state index in [4.69, 9.17) is 18.0 Å². The number of hydrogen-bond acceptors (Lipinski definition) is 2. The normalized spacial score (nSPS) is 22.3. The summed E-state index contributed by atoms with van der Waals surface area (Å²) < 4.78 is 0. The Balaban J connectivity index is 2.12. The zero-order valence-electron chi connectivity index (χ0n) is 12.1. The van der Waals surface area contributed by atoms with Crippen molar-refractivity contribution in [3.8, 4) is 0 Å². The van der Waals surface area contributed by atoms with Crippen molar-refractivity contribution in [2.45, 2.75) is 39.5 Å². The van der Waals surface area contributed by atoms with Gasteiger partial charge in [0.2, 0.25) is 5.91 Å². The Morgan fingerprint density at radius 3 is 2.55 bits per heavy atom. The fraction of sp³-hybridized carbons (Fsp3) is 0.500. The lowest BCUT2D eigenvalue weighted by Crippen LogP contribution is -2.28. The molecule has 0 bridgehead atoms. The summed E-state index contributed by atoms with van der Waals surface area (Å²) in [7, 11) is 0. The van der Waals surface area contributed by atoms with Gasteiger partial charge >= 0.3 is 0 Å². The molecule has 1 amide bonds. The largest absolute Gasteiger partial charge is 0.389 e. The van der Waals surface area contributed by atoms with E-state index in [1.165, 1.54) is 0 Å². The van der Waals surface area contributed by atoms with Gasteiger partial charge in [-0.2, -0.15) is 0 Å². The molecule has 3 N–H and O–H groups in total. The molecule has 3 nitrogen and oxygen atoms in total. The molecule has 1 fully saturated rings. The molecule has 2 rings (SSSR count). The lowest BCUT2D eigenvalue weighted by atomic mass is 9.82. The molecule has 0 saturated heterocycles. The molecule has 1 aliphatic carbocycles. The first-order valence-electron chi connectivity index (χ1n) is 7.19. The van der Waals surface area contributed by atoms with Crippen molar-refractivity contribution < 1.29 is 4.79 Å². The van der Waals surface area contributed by atoms with Crippen molar-refractivity contribution in [1.82, 2.24) is 0 Å². The minimum atomic E-state index is 0.0972. The molecule has 4 heteroatoms. The predicted molar refractivity (Wildman–Crippen MR) is 86.8 cm³/mol. The quantitative estimate of drug-likeness (QED) is 0.839. The van der Waals surface area contributed by atoms with Crippen molar-refractivity contribution in [2.75, 3.05) is 5.32 Å². The molecule has 1 saturated carbocycles. The second-order valence-corrected chi connectivity index (χ2v) is 6.25. The van der Waals surface area contributed by atoms with Gasteiger partial charge in [0.25, 0.3) is 0 Å². The van der Waals surface area contributed by atoms with Crippen LogP contribution in [0.2, 0.25) is 0 Å². The number of nitrogens with two attached hydrogens (primary N) is 1. The number of nitrogens with one attached hydrogen (secondary N) is 1. The summed E-state index contributed by atoms with van der Waals surface area (Å²) in [4.78, 5) is 12.7. The fourth-order valence-corrected chi connectivity index (χ4v) is 3.13. The van der Waals surface area contributed by atoms with Crippen LogP contribution in [-0.4, -0.2) is 10.9 Å². The average molecular weight is 290 g/mol. The number of aryl methyl sites for hydroxylation is 1. The fourth-order valence-electron chi connectivity index (χ4n) is 2.86. The van der Waals surface area contributed by atoms with Gasteiger partial charge in [0, 0.05) is 11.5 Å². The number of anilines is 1. The number of thiocarbonyl (C=S) groups is 1. The summed E-state index contributed by atoms with van der Waals surface area (Å²) in [5, 5.41) is 3.01. The third-order valence-corrected chi connectivity index (χ3v) is 4.37. The number of benzene rings is 1. The Morgan fingerprint density at radius 1 is 1.30 bits per heavy atom. The van der Waals surface area contributed by atoms with Crippen molar-refractivity contribution in [2.24, 2.45) is 17.6 Å². The Morgan fingerprint density at radius 2 is 1.95 bits per heavy atom. The van der Waals surface area contributed by atoms with Gasteiger partial charge < -0.3 is 11.1 Å². The van der Waals surface area contributed by atoms with E-state index >= 15 is 0 Å². The Hall–Kier alpha value is -1.42. The van der Waals surface area contributed by atoms with Crippen molar-refractivity contribution >= 4 is 28.8 Å². The van der Waals surface area contributed by atoms with E-state index in [0.29, 0.717) is 4.99 Å². The monoisotopic (exact) mass is 290 g/mol. The van der Waals surface area contributed by atoms with E-state index in [9.17, 15) is 4.79 Å². The third kappa shape index (κ3) is 3.37. The number of amides is 1. The van der Waals surface area contributed by atoms with Gasteiger partial charge in [-0.3, -0.25) is 4.79 Å². The summed E-state index contributed by atoms with van der Waals surface area (Å²) in [5.41, 5.74) is 8.28. The van der Waals surface area contributed by atoms with Crippen molar-refractivity contribution in [1.29, 1.82) is 0 Å².